The number of benzene rings is 2. The first-order chi connectivity index (χ1) is 14.8. The molecule has 1 fully saturated rings. The van der Waals surface area contributed by atoms with Gasteiger partial charge in [-0.25, -0.2) is 9.18 Å². The third kappa shape index (κ3) is 4.76. The van der Waals surface area contributed by atoms with Crippen molar-refractivity contribution < 1.29 is 31.6 Å². The standard InChI is InChI=1S/C20H16F4N4O3/c21-15-3-1-2-4-16(15)25-19(29)28-10-9-14(11-28)30-13-7-5-12(6-8-13)17-26-18(31-27-17)20(22,23)24/h1-8,14H,9-11H2,(H,25,29). The van der Waals surface area contributed by atoms with Crippen LogP contribution in [0, 0.1) is 5.82 Å². The van der Waals surface area contributed by atoms with E-state index in [0.717, 1.165) is 0 Å². The van der Waals surface area contributed by atoms with Crippen molar-refractivity contribution in [3.05, 3.63) is 60.2 Å². The molecule has 0 saturated carbocycles. The van der Waals surface area contributed by atoms with Crippen LogP contribution in [0.2, 0.25) is 0 Å². The van der Waals surface area contributed by atoms with Crippen LogP contribution in [0.3, 0.4) is 0 Å². The minimum absolute atomic E-state index is 0.0996. The largest absolute Gasteiger partial charge is 0.489 e. The number of halogens is 4. The molecule has 2 amide bonds. The third-order valence-corrected chi connectivity index (χ3v) is 4.63. The number of hydrogen-bond acceptors (Lipinski definition) is 5. The van der Waals surface area contributed by atoms with Gasteiger partial charge in [0.15, 0.2) is 0 Å². The van der Waals surface area contributed by atoms with Gasteiger partial charge in [0.1, 0.15) is 17.7 Å². The van der Waals surface area contributed by atoms with Gasteiger partial charge in [0.2, 0.25) is 5.82 Å². The van der Waals surface area contributed by atoms with Crippen LogP contribution >= 0.6 is 0 Å². The summed E-state index contributed by atoms with van der Waals surface area (Å²) >= 11 is 0. The number of hydrogen-bond donors (Lipinski definition) is 1. The summed E-state index contributed by atoms with van der Waals surface area (Å²) in [4.78, 5) is 17.2. The van der Waals surface area contributed by atoms with Crippen molar-refractivity contribution >= 4 is 11.7 Å². The number of nitrogens with zero attached hydrogens (tertiary/aromatic N) is 3. The Morgan fingerprint density at radius 3 is 2.58 bits per heavy atom. The summed E-state index contributed by atoms with van der Waals surface area (Å²) in [5.41, 5.74) is 0.437. The summed E-state index contributed by atoms with van der Waals surface area (Å²) in [6, 6.07) is 11.6. The molecular weight excluding hydrogens is 420 g/mol. The fourth-order valence-corrected chi connectivity index (χ4v) is 3.10. The second kappa shape index (κ2) is 8.25. The van der Waals surface area contributed by atoms with Gasteiger partial charge in [-0.05, 0) is 36.4 Å². The van der Waals surface area contributed by atoms with E-state index in [1.54, 1.807) is 18.2 Å². The van der Waals surface area contributed by atoms with Crippen LogP contribution in [-0.2, 0) is 6.18 Å². The highest BCUT2D eigenvalue weighted by molar-refractivity contribution is 5.89. The number of aromatic nitrogens is 2. The highest BCUT2D eigenvalue weighted by Gasteiger charge is 2.38. The van der Waals surface area contributed by atoms with Crippen LogP contribution < -0.4 is 10.1 Å². The van der Waals surface area contributed by atoms with E-state index in [-0.39, 0.29) is 17.6 Å². The second-order valence-corrected chi connectivity index (χ2v) is 6.83. The lowest BCUT2D eigenvalue weighted by Gasteiger charge is -2.18. The molecule has 3 aromatic rings. The average molecular weight is 436 g/mol. The summed E-state index contributed by atoms with van der Waals surface area (Å²) in [6.07, 6.45) is -4.41. The number of carbonyl (C=O) groups excluding carboxylic acids is 1. The first kappa shape index (κ1) is 20.6. The van der Waals surface area contributed by atoms with Gasteiger partial charge < -0.3 is 19.5 Å². The number of anilines is 1. The number of para-hydroxylation sites is 1. The molecule has 0 aliphatic carbocycles. The van der Waals surface area contributed by atoms with Crippen molar-refractivity contribution in [1.82, 2.24) is 15.0 Å². The Bertz CT molecular complexity index is 1070. The molecule has 0 radical (unpaired) electrons. The highest BCUT2D eigenvalue weighted by atomic mass is 19.4. The number of alkyl halides is 3. The molecular formula is C20H16F4N4O3. The zero-order valence-corrected chi connectivity index (χ0v) is 15.9. The predicted octanol–water partition coefficient (Wildman–Crippen LogP) is 4.58. The molecule has 162 valence electrons. The van der Waals surface area contributed by atoms with Gasteiger partial charge in [0.25, 0.3) is 0 Å². The molecule has 31 heavy (non-hydrogen) atoms. The SMILES string of the molecule is O=C(Nc1ccccc1F)N1CCC(Oc2ccc(-c3noc(C(F)(F)F)n3)cc2)C1. The van der Waals surface area contributed by atoms with E-state index in [4.69, 9.17) is 4.74 Å². The minimum atomic E-state index is -4.71. The quantitative estimate of drug-likeness (QED) is 0.606. The number of rotatable bonds is 4. The number of carbonyl (C=O) groups is 1. The van der Waals surface area contributed by atoms with Crippen LogP contribution in [-0.4, -0.2) is 40.3 Å². The molecule has 0 spiro atoms. The maximum atomic E-state index is 13.7. The lowest BCUT2D eigenvalue weighted by atomic mass is 10.2. The van der Waals surface area contributed by atoms with E-state index in [1.165, 1.54) is 35.2 Å². The number of nitrogens with one attached hydrogen (secondary N) is 1. The Kier molecular flexibility index (Phi) is 5.49. The maximum Gasteiger partial charge on any atom is 0.471 e. The van der Waals surface area contributed by atoms with E-state index in [1.807, 2.05) is 0 Å². The van der Waals surface area contributed by atoms with E-state index in [0.29, 0.717) is 30.8 Å². The molecule has 0 bridgehead atoms. The molecule has 1 aromatic heterocycles. The molecule has 11 heteroatoms. The summed E-state index contributed by atoms with van der Waals surface area (Å²) < 4.78 is 61.5. The van der Waals surface area contributed by atoms with Crippen molar-refractivity contribution in [2.45, 2.75) is 18.7 Å². The molecule has 7 nitrogen and oxygen atoms in total. The molecule has 4 rings (SSSR count). The van der Waals surface area contributed by atoms with Crippen molar-refractivity contribution in [3.8, 4) is 17.1 Å². The topological polar surface area (TPSA) is 80.5 Å². The lowest BCUT2D eigenvalue weighted by Crippen LogP contribution is -2.34. The van der Waals surface area contributed by atoms with E-state index >= 15 is 0 Å². The van der Waals surface area contributed by atoms with Crippen molar-refractivity contribution in [1.29, 1.82) is 0 Å². The Labute approximate surface area is 173 Å². The summed E-state index contributed by atoms with van der Waals surface area (Å²) in [5, 5.41) is 5.86. The van der Waals surface area contributed by atoms with Crippen LogP contribution in [0.25, 0.3) is 11.4 Å². The fourth-order valence-electron chi connectivity index (χ4n) is 3.10. The number of ether oxygens (including phenoxy) is 1. The number of amides is 2. The molecule has 2 aromatic carbocycles. The van der Waals surface area contributed by atoms with E-state index in [2.05, 4.69) is 20.0 Å². The van der Waals surface area contributed by atoms with Crippen LogP contribution in [0.5, 0.6) is 5.75 Å². The third-order valence-electron chi connectivity index (χ3n) is 4.63. The van der Waals surface area contributed by atoms with E-state index in [9.17, 15) is 22.4 Å². The Morgan fingerprint density at radius 2 is 1.90 bits per heavy atom. The minimum Gasteiger partial charge on any atom is -0.489 e. The molecule has 1 aliphatic heterocycles. The zero-order chi connectivity index (χ0) is 22.0. The first-order valence-electron chi connectivity index (χ1n) is 9.28. The van der Waals surface area contributed by atoms with Crippen LogP contribution in [0.4, 0.5) is 28.0 Å². The lowest BCUT2D eigenvalue weighted by molar-refractivity contribution is -0.159. The Hall–Kier alpha value is -3.63. The van der Waals surface area contributed by atoms with Gasteiger partial charge in [0, 0.05) is 18.5 Å². The molecule has 1 aliphatic rings. The van der Waals surface area contributed by atoms with Gasteiger partial charge in [0.05, 0.1) is 12.2 Å². The molecule has 1 saturated heterocycles. The second-order valence-electron chi connectivity index (χ2n) is 6.83. The van der Waals surface area contributed by atoms with E-state index < -0.39 is 23.9 Å². The summed E-state index contributed by atoms with van der Waals surface area (Å²) in [5.74, 6) is -1.64. The maximum absolute atomic E-state index is 13.7. The molecule has 1 atom stereocenters. The van der Waals surface area contributed by atoms with Gasteiger partial charge in [-0.3, -0.25) is 0 Å². The van der Waals surface area contributed by atoms with Gasteiger partial charge in [-0.1, -0.05) is 17.3 Å². The van der Waals surface area contributed by atoms with Crippen LogP contribution in [0.15, 0.2) is 53.1 Å². The smallest absolute Gasteiger partial charge is 0.471 e. The Morgan fingerprint density at radius 1 is 1.16 bits per heavy atom. The van der Waals surface area contributed by atoms with Gasteiger partial charge >= 0.3 is 18.1 Å². The summed E-state index contributed by atoms with van der Waals surface area (Å²) in [7, 11) is 0. The molecule has 2 heterocycles. The average Bonchev–Trinajstić information content (AvgIpc) is 3.40. The van der Waals surface area contributed by atoms with Gasteiger partial charge in [-0.2, -0.15) is 18.2 Å². The zero-order valence-electron chi connectivity index (χ0n) is 15.9. The Balaban J connectivity index is 1.33. The molecule has 1 N–H and O–H groups in total. The first-order valence-corrected chi connectivity index (χ1v) is 9.28. The highest BCUT2D eigenvalue weighted by Crippen LogP contribution is 2.30. The van der Waals surface area contributed by atoms with Crippen LogP contribution in [0.1, 0.15) is 12.3 Å². The monoisotopic (exact) mass is 436 g/mol. The predicted molar refractivity (Wildman–Crippen MR) is 101 cm³/mol. The van der Waals surface area contributed by atoms with Crippen molar-refractivity contribution in [2.75, 3.05) is 18.4 Å². The number of likely N-dealkylation sites (tertiary alicyclic amines) is 1. The van der Waals surface area contributed by atoms with Gasteiger partial charge in [-0.15, -0.1) is 0 Å². The number of urea groups is 1. The van der Waals surface area contributed by atoms with Crippen molar-refractivity contribution in [3.63, 3.8) is 0 Å². The summed E-state index contributed by atoms with van der Waals surface area (Å²) in [6.45, 7) is 0.744. The fraction of sp³-hybridized carbons (Fsp3) is 0.250. The normalized spacial score (nSPS) is 16.4. The van der Waals surface area contributed by atoms with Crippen molar-refractivity contribution in [2.24, 2.45) is 0 Å². The molecule has 1 unspecified atom stereocenters.